The van der Waals surface area contributed by atoms with Gasteiger partial charge in [0.15, 0.2) is 0 Å². The summed E-state index contributed by atoms with van der Waals surface area (Å²) in [6.07, 6.45) is 8.84. The zero-order valence-electron chi connectivity index (χ0n) is 9.98. The number of nitro benzene ring substituents is 1. The van der Waals surface area contributed by atoms with Crippen LogP contribution in [0, 0.1) is 10.1 Å². The van der Waals surface area contributed by atoms with Crippen molar-refractivity contribution in [3.05, 3.63) is 46.1 Å². The van der Waals surface area contributed by atoms with Crippen LogP contribution in [0.2, 0.25) is 0 Å². The number of nitrogens with zero attached hydrogens (tertiary/aromatic N) is 1. The minimum Gasteiger partial charge on any atom is -0.361 e. The van der Waals surface area contributed by atoms with E-state index >= 15 is 0 Å². The molecule has 0 fully saturated rings. The maximum absolute atomic E-state index is 10.8. The molecule has 92 valence electrons. The van der Waals surface area contributed by atoms with E-state index in [9.17, 15) is 10.1 Å². The third kappa shape index (κ3) is 1.79. The number of fused-ring (bicyclic) bond motifs is 1. The second kappa shape index (κ2) is 4.29. The summed E-state index contributed by atoms with van der Waals surface area (Å²) in [6, 6.07) is 4.98. The van der Waals surface area contributed by atoms with E-state index in [0.29, 0.717) is 0 Å². The molecular formula is C14H14N2O2. The molecule has 3 rings (SSSR count). The Morgan fingerprint density at radius 1 is 1.28 bits per heavy atom. The maximum atomic E-state index is 10.8. The van der Waals surface area contributed by atoms with Gasteiger partial charge in [0.05, 0.1) is 4.92 Å². The average molecular weight is 242 g/mol. The molecule has 0 bridgehead atoms. The molecule has 4 nitrogen and oxygen atoms in total. The molecule has 0 unspecified atom stereocenters. The Hall–Kier alpha value is -2.10. The number of non-ortho nitro benzene ring substituents is 1. The lowest BCUT2D eigenvalue weighted by Crippen LogP contribution is -1.91. The molecule has 4 heteroatoms. The molecule has 0 spiro atoms. The van der Waals surface area contributed by atoms with E-state index in [1.165, 1.54) is 24.5 Å². The molecule has 0 atom stereocenters. The summed E-state index contributed by atoms with van der Waals surface area (Å²) in [5.41, 5.74) is 3.54. The first-order chi connectivity index (χ1) is 8.75. The Morgan fingerprint density at radius 2 is 2.17 bits per heavy atom. The van der Waals surface area contributed by atoms with Crippen LogP contribution in [0.25, 0.3) is 16.5 Å². The van der Waals surface area contributed by atoms with Crippen LogP contribution < -0.4 is 0 Å². The molecule has 0 amide bonds. The predicted octanol–water partition coefficient (Wildman–Crippen LogP) is 4.03. The lowest BCUT2D eigenvalue weighted by atomic mass is 9.93. The lowest BCUT2D eigenvalue weighted by molar-refractivity contribution is -0.384. The number of nitrogens with one attached hydrogen (secondary N) is 1. The lowest BCUT2D eigenvalue weighted by Gasteiger charge is -2.11. The summed E-state index contributed by atoms with van der Waals surface area (Å²) in [5.74, 6) is 0. The Kier molecular flexibility index (Phi) is 2.63. The maximum Gasteiger partial charge on any atom is 0.270 e. The van der Waals surface area contributed by atoms with Crippen molar-refractivity contribution in [2.45, 2.75) is 25.7 Å². The summed E-state index contributed by atoms with van der Waals surface area (Å²) in [6.45, 7) is 0. The highest BCUT2D eigenvalue weighted by molar-refractivity contribution is 5.94. The molecule has 0 aliphatic heterocycles. The van der Waals surface area contributed by atoms with Crippen LogP contribution in [0.3, 0.4) is 0 Å². The quantitative estimate of drug-likeness (QED) is 0.638. The van der Waals surface area contributed by atoms with Gasteiger partial charge in [0.1, 0.15) is 0 Å². The van der Waals surface area contributed by atoms with Gasteiger partial charge in [0.25, 0.3) is 5.69 Å². The molecule has 1 aliphatic carbocycles. The van der Waals surface area contributed by atoms with E-state index in [4.69, 9.17) is 0 Å². The first-order valence-electron chi connectivity index (χ1n) is 6.20. The Morgan fingerprint density at radius 3 is 2.89 bits per heavy atom. The fraction of sp³-hybridized carbons (Fsp3) is 0.286. The number of benzene rings is 1. The van der Waals surface area contributed by atoms with Gasteiger partial charge in [0.2, 0.25) is 0 Å². The van der Waals surface area contributed by atoms with Gasteiger partial charge in [-0.2, -0.15) is 0 Å². The van der Waals surface area contributed by atoms with Gasteiger partial charge in [-0.25, -0.2) is 0 Å². The van der Waals surface area contributed by atoms with Crippen LogP contribution in [0.5, 0.6) is 0 Å². The van der Waals surface area contributed by atoms with Crippen molar-refractivity contribution in [3.8, 4) is 0 Å². The first kappa shape index (κ1) is 11.0. The Balaban J connectivity index is 2.14. The average Bonchev–Trinajstić information content (AvgIpc) is 2.82. The summed E-state index contributed by atoms with van der Waals surface area (Å²) in [5, 5.41) is 11.8. The number of hydrogen-bond acceptors (Lipinski definition) is 2. The van der Waals surface area contributed by atoms with E-state index < -0.39 is 0 Å². The van der Waals surface area contributed by atoms with Gasteiger partial charge >= 0.3 is 0 Å². The summed E-state index contributed by atoms with van der Waals surface area (Å²) >= 11 is 0. The number of rotatable bonds is 2. The van der Waals surface area contributed by atoms with Gasteiger partial charge in [-0.15, -0.1) is 0 Å². The highest BCUT2D eigenvalue weighted by atomic mass is 16.6. The Labute approximate surface area is 104 Å². The summed E-state index contributed by atoms with van der Waals surface area (Å²) in [4.78, 5) is 13.7. The van der Waals surface area contributed by atoms with Gasteiger partial charge in [-0.05, 0) is 37.3 Å². The monoisotopic (exact) mass is 242 g/mol. The molecule has 18 heavy (non-hydrogen) atoms. The van der Waals surface area contributed by atoms with Crippen molar-refractivity contribution in [1.82, 2.24) is 4.98 Å². The van der Waals surface area contributed by atoms with Gasteiger partial charge < -0.3 is 4.98 Å². The third-order valence-electron chi connectivity index (χ3n) is 3.51. The molecular weight excluding hydrogens is 228 g/mol. The first-order valence-corrected chi connectivity index (χ1v) is 6.20. The van der Waals surface area contributed by atoms with Crippen LogP contribution in [0.4, 0.5) is 5.69 Å². The van der Waals surface area contributed by atoms with Crippen molar-refractivity contribution in [2.75, 3.05) is 0 Å². The van der Waals surface area contributed by atoms with Crippen LogP contribution in [-0.2, 0) is 0 Å². The molecule has 0 radical (unpaired) electrons. The van der Waals surface area contributed by atoms with Crippen molar-refractivity contribution in [3.63, 3.8) is 0 Å². The fourth-order valence-corrected chi connectivity index (χ4v) is 2.57. The topological polar surface area (TPSA) is 58.9 Å². The van der Waals surface area contributed by atoms with Crippen LogP contribution in [0.1, 0.15) is 31.2 Å². The van der Waals surface area contributed by atoms with Crippen LogP contribution in [-0.4, -0.2) is 9.91 Å². The molecule has 1 aromatic heterocycles. The molecule has 1 N–H and O–H groups in total. The van der Waals surface area contributed by atoms with Crippen molar-refractivity contribution in [2.24, 2.45) is 0 Å². The van der Waals surface area contributed by atoms with E-state index in [1.807, 2.05) is 6.20 Å². The van der Waals surface area contributed by atoms with Gasteiger partial charge in [0, 0.05) is 34.8 Å². The van der Waals surface area contributed by atoms with E-state index in [-0.39, 0.29) is 10.6 Å². The number of aromatic amines is 1. The van der Waals surface area contributed by atoms with Gasteiger partial charge in [-0.3, -0.25) is 10.1 Å². The van der Waals surface area contributed by atoms with E-state index in [2.05, 4.69) is 11.1 Å². The minimum atomic E-state index is -0.342. The second-order valence-corrected chi connectivity index (χ2v) is 4.66. The number of hydrogen-bond donors (Lipinski definition) is 1. The number of allylic oxidation sites excluding steroid dienone is 2. The van der Waals surface area contributed by atoms with Gasteiger partial charge in [-0.1, -0.05) is 6.08 Å². The smallest absolute Gasteiger partial charge is 0.270 e. The number of H-pyrrole nitrogens is 1. The number of nitro groups is 1. The molecule has 1 aliphatic rings. The molecule has 1 aromatic carbocycles. The van der Waals surface area contributed by atoms with Crippen molar-refractivity contribution < 1.29 is 4.92 Å². The van der Waals surface area contributed by atoms with E-state index in [0.717, 1.165) is 29.3 Å². The summed E-state index contributed by atoms with van der Waals surface area (Å²) < 4.78 is 0. The zero-order valence-corrected chi connectivity index (χ0v) is 9.98. The standard InChI is InChI=1S/C14H14N2O2/c17-16(18)11-6-7-14-12(8-11)13(9-15-14)10-4-2-1-3-5-10/h4,6-9,15H,1-3,5H2. The highest BCUT2D eigenvalue weighted by Gasteiger charge is 2.14. The largest absolute Gasteiger partial charge is 0.361 e. The molecule has 0 saturated heterocycles. The Bertz CT molecular complexity index is 640. The van der Waals surface area contributed by atoms with Crippen molar-refractivity contribution in [1.29, 1.82) is 0 Å². The second-order valence-electron chi connectivity index (χ2n) is 4.66. The van der Waals surface area contributed by atoms with Crippen LogP contribution >= 0.6 is 0 Å². The third-order valence-corrected chi connectivity index (χ3v) is 3.51. The summed E-state index contributed by atoms with van der Waals surface area (Å²) in [7, 11) is 0. The molecule has 1 heterocycles. The van der Waals surface area contributed by atoms with E-state index in [1.54, 1.807) is 12.1 Å². The zero-order chi connectivity index (χ0) is 12.5. The SMILES string of the molecule is O=[N+]([O-])c1ccc2[nH]cc(C3=CCCCC3)c2c1. The minimum absolute atomic E-state index is 0.153. The normalized spacial score (nSPS) is 15.7. The highest BCUT2D eigenvalue weighted by Crippen LogP contribution is 2.33. The van der Waals surface area contributed by atoms with Crippen LogP contribution in [0.15, 0.2) is 30.5 Å². The number of aromatic nitrogens is 1. The molecule has 0 saturated carbocycles. The predicted molar refractivity (Wildman–Crippen MR) is 71.4 cm³/mol. The fourth-order valence-electron chi connectivity index (χ4n) is 2.57. The molecule has 2 aromatic rings. The van der Waals surface area contributed by atoms with Crippen molar-refractivity contribution >= 4 is 22.2 Å².